The number of halogens is 3. The first kappa shape index (κ1) is 24.9. The van der Waals surface area contributed by atoms with Crippen molar-refractivity contribution in [2.75, 3.05) is 57.0 Å². The monoisotopic (exact) mass is 497 g/mol. The van der Waals surface area contributed by atoms with Crippen molar-refractivity contribution in [2.45, 2.75) is 44.3 Å². The molecule has 2 N–H and O–H groups in total. The first-order chi connectivity index (χ1) is 16.8. The molecule has 192 valence electrons. The van der Waals surface area contributed by atoms with Crippen LogP contribution in [0.25, 0.3) is 0 Å². The van der Waals surface area contributed by atoms with Gasteiger partial charge in [-0.25, -0.2) is 14.5 Å². The zero-order chi connectivity index (χ0) is 24.8. The van der Waals surface area contributed by atoms with Gasteiger partial charge in [0.1, 0.15) is 11.4 Å². The maximum atomic E-state index is 13.5. The minimum absolute atomic E-state index is 0.0213. The number of carbonyl (C=O) groups is 1. The van der Waals surface area contributed by atoms with Gasteiger partial charge in [0.15, 0.2) is 5.82 Å². The Morgan fingerprint density at radius 3 is 2.77 bits per heavy atom. The first-order valence-electron chi connectivity index (χ1n) is 11.8. The molecule has 2 fully saturated rings. The maximum absolute atomic E-state index is 13.5. The van der Waals surface area contributed by atoms with E-state index in [2.05, 4.69) is 42.9 Å². The molecule has 0 radical (unpaired) electrons. The second-order valence-corrected chi connectivity index (χ2v) is 8.79. The molecule has 2 aromatic rings. The van der Waals surface area contributed by atoms with E-state index >= 15 is 0 Å². The largest absolute Gasteiger partial charge is 0.449 e. The number of hydrogen-bond donors (Lipinski definition) is 2. The van der Waals surface area contributed by atoms with Crippen LogP contribution in [-0.2, 0) is 10.9 Å². The molecule has 0 aliphatic carbocycles. The molecular formula is C21H30F3N9O2. The number of aromatic nitrogens is 5. The van der Waals surface area contributed by atoms with Crippen molar-refractivity contribution < 1.29 is 22.7 Å². The van der Waals surface area contributed by atoms with Crippen LogP contribution in [0.2, 0.25) is 0 Å². The van der Waals surface area contributed by atoms with Gasteiger partial charge >= 0.3 is 12.3 Å². The Morgan fingerprint density at radius 1 is 1.20 bits per heavy atom. The van der Waals surface area contributed by atoms with Gasteiger partial charge in [0.25, 0.3) is 0 Å². The SMILES string of the molecule is CN1CCC(n2cc(Nc3ncc(C(F)(F)F)c(NCCCN4CCCCOC4=O)n3)nn2)CC1. The summed E-state index contributed by atoms with van der Waals surface area (Å²) in [6, 6.07) is 0.224. The molecule has 2 aliphatic rings. The normalized spacial score (nSPS) is 18.3. The molecule has 0 bridgehead atoms. The number of alkyl halides is 3. The highest BCUT2D eigenvalue weighted by atomic mass is 19.4. The van der Waals surface area contributed by atoms with E-state index < -0.39 is 11.7 Å². The summed E-state index contributed by atoms with van der Waals surface area (Å²) in [5.74, 6) is -0.00233. The summed E-state index contributed by atoms with van der Waals surface area (Å²) in [5.41, 5.74) is -0.966. The molecule has 0 unspecified atom stereocenters. The third-order valence-electron chi connectivity index (χ3n) is 6.11. The Balaban J connectivity index is 1.38. The molecule has 2 aromatic heterocycles. The van der Waals surface area contributed by atoms with Crippen molar-refractivity contribution in [3.63, 3.8) is 0 Å². The van der Waals surface area contributed by atoms with Crippen molar-refractivity contribution in [2.24, 2.45) is 0 Å². The lowest BCUT2D eigenvalue weighted by atomic mass is 10.1. The van der Waals surface area contributed by atoms with E-state index in [4.69, 9.17) is 4.74 Å². The molecule has 1 amide bonds. The molecule has 4 rings (SSSR count). The number of rotatable bonds is 8. The summed E-state index contributed by atoms with van der Waals surface area (Å²) in [4.78, 5) is 23.6. The molecule has 0 spiro atoms. The molecule has 2 saturated heterocycles. The van der Waals surface area contributed by atoms with Gasteiger partial charge in [0, 0.05) is 25.8 Å². The van der Waals surface area contributed by atoms with Gasteiger partial charge in [0.05, 0.1) is 18.8 Å². The van der Waals surface area contributed by atoms with E-state index in [1.807, 2.05) is 0 Å². The molecule has 0 aromatic carbocycles. The zero-order valence-corrected chi connectivity index (χ0v) is 19.6. The fourth-order valence-corrected chi connectivity index (χ4v) is 4.10. The smallest absolute Gasteiger partial charge is 0.421 e. The summed E-state index contributed by atoms with van der Waals surface area (Å²) < 4.78 is 47.4. The minimum atomic E-state index is -4.62. The molecular weight excluding hydrogens is 467 g/mol. The van der Waals surface area contributed by atoms with Crippen LogP contribution in [0.5, 0.6) is 0 Å². The quantitative estimate of drug-likeness (QED) is 0.531. The van der Waals surface area contributed by atoms with E-state index in [1.54, 1.807) is 15.8 Å². The topological polar surface area (TPSA) is 113 Å². The van der Waals surface area contributed by atoms with Gasteiger partial charge in [-0.1, -0.05) is 5.21 Å². The van der Waals surface area contributed by atoms with Crippen molar-refractivity contribution in [3.8, 4) is 0 Å². The maximum Gasteiger partial charge on any atom is 0.421 e. The number of nitrogens with one attached hydrogen (secondary N) is 2. The number of likely N-dealkylation sites (tertiary alicyclic amines) is 1. The molecule has 4 heterocycles. The summed E-state index contributed by atoms with van der Waals surface area (Å²) in [7, 11) is 2.07. The predicted octanol–water partition coefficient (Wildman–Crippen LogP) is 3.13. The lowest BCUT2D eigenvalue weighted by molar-refractivity contribution is -0.137. The average molecular weight is 498 g/mol. The summed E-state index contributed by atoms with van der Waals surface area (Å²) in [6.07, 6.45) is 1.41. The fraction of sp³-hybridized carbons (Fsp3) is 0.667. The molecule has 0 saturated carbocycles. The standard InChI is InChI=1S/C21H30F3N9O2/c1-31-10-5-15(6-11-31)33-14-17(29-30-33)27-19-26-13-16(21(22,23)24)18(28-19)25-7-4-9-32-8-2-3-12-35-20(32)34/h13-15H,2-12H2,1H3,(H2,25,26,27,28). The molecule has 11 nitrogen and oxygen atoms in total. The van der Waals surface area contributed by atoms with Crippen molar-refractivity contribution in [1.29, 1.82) is 0 Å². The third kappa shape index (κ3) is 6.71. The number of cyclic esters (lactones) is 1. The third-order valence-corrected chi connectivity index (χ3v) is 6.11. The summed E-state index contributed by atoms with van der Waals surface area (Å²) >= 11 is 0. The zero-order valence-electron chi connectivity index (χ0n) is 19.6. The molecule has 0 atom stereocenters. The lowest BCUT2D eigenvalue weighted by Crippen LogP contribution is -2.32. The van der Waals surface area contributed by atoms with E-state index in [-0.39, 0.29) is 30.4 Å². The number of ether oxygens (including phenoxy) is 1. The van der Waals surface area contributed by atoms with Crippen LogP contribution in [0.1, 0.15) is 43.7 Å². The van der Waals surface area contributed by atoms with Gasteiger partial charge in [-0.2, -0.15) is 18.2 Å². The highest BCUT2D eigenvalue weighted by Crippen LogP contribution is 2.34. The number of piperidine rings is 1. The van der Waals surface area contributed by atoms with Crippen LogP contribution >= 0.6 is 0 Å². The number of amides is 1. The van der Waals surface area contributed by atoms with Crippen LogP contribution in [0, 0.1) is 0 Å². The van der Waals surface area contributed by atoms with Crippen molar-refractivity contribution in [1.82, 2.24) is 34.8 Å². The van der Waals surface area contributed by atoms with Gasteiger partial charge in [-0.15, -0.1) is 5.10 Å². The van der Waals surface area contributed by atoms with Crippen molar-refractivity contribution >= 4 is 23.7 Å². The van der Waals surface area contributed by atoms with E-state index in [0.717, 1.165) is 45.0 Å². The van der Waals surface area contributed by atoms with Crippen LogP contribution in [-0.4, -0.2) is 87.2 Å². The van der Waals surface area contributed by atoms with Crippen LogP contribution in [0.15, 0.2) is 12.4 Å². The van der Waals surface area contributed by atoms with Crippen LogP contribution in [0.4, 0.5) is 35.5 Å². The highest BCUT2D eigenvalue weighted by molar-refractivity contribution is 5.67. The Morgan fingerprint density at radius 2 is 2.00 bits per heavy atom. The van der Waals surface area contributed by atoms with E-state index in [1.165, 1.54) is 0 Å². The minimum Gasteiger partial charge on any atom is -0.449 e. The van der Waals surface area contributed by atoms with E-state index in [9.17, 15) is 18.0 Å². The second kappa shape index (κ2) is 11.1. The number of nitrogens with zero attached hydrogens (tertiary/aromatic N) is 7. The summed E-state index contributed by atoms with van der Waals surface area (Å²) in [6.45, 7) is 3.46. The Bertz CT molecular complexity index is 993. The average Bonchev–Trinajstić information content (AvgIpc) is 3.18. The van der Waals surface area contributed by atoms with Gasteiger partial charge in [0.2, 0.25) is 5.95 Å². The molecule has 14 heteroatoms. The lowest BCUT2D eigenvalue weighted by Gasteiger charge is -2.28. The van der Waals surface area contributed by atoms with Crippen molar-refractivity contribution in [3.05, 3.63) is 18.0 Å². The van der Waals surface area contributed by atoms with Gasteiger partial charge in [-0.3, -0.25) is 0 Å². The van der Waals surface area contributed by atoms with Gasteiger partial charge < -0.3 is 25.2 Å². The number of carbonyl (C=O) groups excluding carboxylic acids is 1. The highest BCUT2D eigenvalue weighted by Gasteiger charge is 2.35. The fourth-order valence-electron chi connectivity index (χ4n) is 4.10. The number of anilines is 3. The number of hydrogen-bond acceptors (Lipinski definition) is 9. The van der Waals surface area contributed by atoms with Crippen LogP contribution in [0.3, 0.4) is 0 Å². The Hall–Kier alpha value is -3.16. The first-order valence-corrected chi connectivity index (χ1v) is 11.8. The van der Waals surface area contributed by atoms with Gasteiger partial charge in [-0.05, 0) is 52.2 Å². The van der Waals surface area contributed by atoms with Crippen LogP contribution < -0.4 is 10.6 Å². The predicted molar refractivity (Wildman–Crippen MR) is 121 cm³/mol. The second-order valence-electron chi connectivity index (χ2n) is 8.79. The molecule has 2 aliphatic heterocycles. The summed E-state index contributed by atoms with van der Waals surface area (Å²) in [5, 5.41) is 13.8. The Labute approximate surface area is 201 Å². The molecule has 35 heavy (non-hydrogen) atoms. The van der Waals surface area contributed by atoms with E-state index in [0.29, 0.717) is 31.9 Å². The Kier molecular flexibility index (Phi) is 7.88.